The lowest BCUT2D eigenvalue weighted by molar-refractivity contribution is -0.869. The minimum Gasteiger partial charge on any atom is -0.376 e. The first kappa shape index (κ1) is 15.7. The summed E-state index contributed by atoms with van der Waals surface area (Å²) in [5.41, 5.74) is 0. The zero-order chi connectivity index (χ0) is 12.8. The molecule has 0 aliphatic rings. The van der Waals surface area contributed by atoms with Crippen LogP contribution in [-0.2, 0) is 4.79 Å². The summed E-state index contributed by atoms with van der Waals surface area (Å²) in [6.45, 7) is 3.01. The van der Waals surface area contributed by atoms with Gasteiger partial charge in [0.25, 0.3) is 0 Å². The zero-order valence-electron chi connectivity index (χ0n) is 10.5. The monoisotopic (exact) mass is 250 g/mol. The van der Waals surface area contributed by atoms with Crippen LogP contribution in [0.1, 0.15) is 6.92 Å². The van der Waals surface area contributed by atoms with Crippen LogP contribution in [0.5, 0.6) is 0 Å². The minimum atomic E-state index is -0.757. The van der Waals surface area contributed by atoms with Gasteiger partial charge < -0.3 is 14.9 Å². The third-order valence-corrected chi connectivity index (χ3v) is 2.50. The second kappa shape index (κ2) is 7.11. The summed E-state index contributed by atoms with van der Waals surface area (Å²) < 4.78 is 0.825. The lowest BCUT2D eigenvalue weighted by Crippen LogP contribution is -2.52. The highest BCUT2D eigenvalue weighted by molar-refractivity contribution is 7.80. The van der Waals surface area contributed by atoms with Gasteiger partial charge in [0.1, 0.15) is 6.23 Å². The van der Waals surface area contributed by atoms with Crippen LogP contribution >= 0.6 is 12.6 Å². The number of quaternary nitrogens is 1. The van der Waals surface area contributed by atoms with Crippen LogP contribution in [0.2, 0.25) is 0 Å². The van der Waals surface area contributed by atoms with E-state index in [1.807, 2.05) is 0 Å². The van der Waals surface area contributed by atoms with Gasteiger partial charge in [-0.15, -0.1) is 0 Å². The number of aliphatic hydroxyl groups is 1. The molecule has 0 aromatic carbocycles. The molecule has 0 spiro atoms. The molecule has 6 heteroatoms. The molecule has 0 saturated carbocycles. The Morgan fingerprint density at radius 2 is 2.00 bits per heavy atom. The van der Waals surface area contributed by atoms with E-state index in [9.17, 15) is 9.90 Å². The summed E-state index contributed by atoms with van der Waals surface area (Å²) in [4.78, 5) is 10.9. The van der Waals surface area contributed by atoms with Crippen molar-refractivity contribution in [3.63, 3.8) is 0 Å². The van der Waals surface area contributed by atoms with Gasteiger partial charge in [0.2, 0.25) is 5.91 Å². The van der Waals surface area contributed by atoms with Crippen LogP contribution in [0.15, 0.2) is 0 Å². The molecule has 0 heterocycles. The molecule has 0 aromatic heterocycles. The van der Waals surface area contributed by atoms with Crippen LogP contribution in [0, 0.1) is 0 Å². The van der Waals surface area contributed by atoms with Crippen molar-refractivity contribution in [1.82, 2.24) is 10.6 Å². The maximum Gasteiger partial charge on any atom is 0.217 e. The van der Waals surface area contributed by atoms with Crippen LogP contribution < -0.4 is 10.6 Å². The number of thiol groups is 1. The normalized spacial score (nSPS) is 15.6. The number of likely N-dealkylation sites (N-methyl/N-ethyl adjacent to an activating group) is 1. The highest BCUT2D eigenvalue weighted by atomic mass is 32.1. The lowest BCUT2D eigenvalue weighted by atomic mass is 10.3. The highest BCUT2D eigenvalue weighted by Gasteiger charge is 2.18. The summed E-state index contributed by atoms with van der Waals surface area (Å²) in [6, 6.07) is -0.353. The number of nitrogens with zero attached hydrogens (tertiary/aromatic N) is 1. The smallest absolute Gasteiger partial charge is 0.217 e. The van der Waals surface area contributed by atoms with Gasteiger partial charge in [0, 0.05) is 19.2 Å². The fourth-order valence-corrected chi connectivity index (χ4v) is 1.47. The van der Waals surface area contributed by atoms with E-state index in [0.29, 0.717) is 12.3 Å². The average Bonchev–Trinajstić information content (AvgIpc) is 2.11. The van der Waals surface area contributed by atoms with E-state index < -0.39 is 6.23 Å². The maximum atomic E-state index is 10.9. The number of carbonyl (C=O) groups excluding carboxylic acids is 1. The molecule has 0 aliphatic heterocycles. The van der Waals surface area contributed by atoms with Crippen LogP contribution in [-0.4, -0.2) is 67.8 Å². The number of rotatable bonds is 7. The molecular weight excluding hydrogens is 226 g/mol. The Hall–Kier alpha value is -0.300. The summed E-state index contributed by atoms with van der Waals surface area (Å²) in [6.07, 6.45) is -0.757. The Kier molecular flexibility index (Phi) is 6.98. The molecule has 3 N–H and O–H groups in total. The van der Waals surface area contributed by atoms with E-state index in [-0.39, 0.29) is 11.9 Å². The van der Waals surface area contributed by atoms with Gasteiger partial charge in [0.15, 0.2) is 0 Å². The Morgan fingerprint density at radius 1 is 1.44 bits per heavy atom. The molecule has 0 rings (SSSR count). The number of hydrogen-bond donors (Lipinski definition) is 4. The SMILES string of the molecule is CC(=O)N[C@@H](CS)C(O)NCC[N+](C)(C)C. The standard InChI is InChI=1S/C10H23N3O2S/c1-8(14)12-9(7-16)10(15)11-5-6-13(2,3)4/h9-11,15H,5-7H2,1-4H3,(H-,12,14,16)/p+1/t9-,10?/m0/s1. The van der Waals surface area contributed by atoms with Crippen molar-refractivity contribution in [2.75, 3.05) is 40.0 Å². The molecule has 0 saturated heterocycles. The Balaban J connectivity index is 3.93. The Labute approximate surface area is 103 Å². The summed E-state index contributed by atoms with van der Waals surface area (Å²) in [5.74, 6) is 0.240. The van der Waals surface area contributed by atoms with Gasteiger partial charge >= 0.3 is 0 Å². The number of hydrogen-bond acceptors (Lipinski definition) is 4. The van der Waals surface area contributed by atoms with Crippen molar-refractivity contribution >= 4 is 18.5 Å². The third kappa shape index (κ3) is 7.92. The predicted octanol–water partition coefficient (Wildman–Crippen LogP) is -0.965. The minimum absolute atomic E-state index is 0.161. The Morgan fingerprint density at radius 3 is 2.38 bits per heavy atom. The second-order valence-corrected chi connectivity index (χ2v) is 5.27. The first-order valence-electron chi connectivity index (χ1n) is 5.36. The van der Waals surface area contributed by atoms with Gasteiger partial charge in [-0.2, -0.15) is 12.6 Å². The van der Waals surface area contributed by atoms with Crippen molar-refractivity contribution in [2.24, 2.45) is 0 Å². The predicted molar refractivity (Wildman–Crippen MR) is 68.4 cm³/mol. The average molecular weight is 250 g/mol. The molecule has 0 radical (unpaired) electrons. The number of amides is 1. The van der Waals surface area contributed by atoms with Crippen LogP contribution in [0.25, 0.3) is 0 Å². The van der Waals surface area contributed by atoms with Gasteiger partial charge in [-0.3, -0.25) is 10.1 Å². The molecule has 16 heavy (non-hydrogen) atoms. The summed E-state index contributed by atoms with van der Waals surface area (Å²) >= 11 is 4.09. The fraction of sp³-hybridized carbons (Fsp3) is 0.900. The molecule has 5 nitrogen and oxygen atoms in total. The van der Waals surface area contributed by atoms with E-state index >= 15 is 0 Å². The molecule has 0 bridgehead atoms. The van der Waals surface area contributed by atoms with Crippen molar-refractivity contribution in [1.29, 1.82) is 0 Å². The molecule has 1 amide bonds. The topological polar surface area (TPSA) is 61.4 Å². The quantitative estimate of drug-likeness (QED) is 0.267. The van der Waals surface area contributed by atoms with E-state index in [1.165, 1.54) is 6.92 Å². The van der Waals surface area contributed by atoms with E-state index in [1.54, 1.807) is 0 Å². The zero-order valence-corrected chi connectivity index (χ0v) is 11.4. The van der Waals surface area contributed by atoms with E-state index in [4.69, 9.17) is 0 Å². The van der Waals surface area contributed by atoms with Crippen LogP contribution in [0.3, 0.4) is 0 Å². The third-order valence-electron chi connectivity index (χ3n) is 2.10. The van der Waals surface area contributed by atoms with Crippen molar-refractivity contribution in [3.05, 3.63) is 0 Å². The molecular formula is C10H24N3O2S+. The van der Waals surface area contributed by atoms with Crippen molar-refractivity contribution in [2.45, 2.75) is 19.2 Å². The highest BCUT2D eigenvalue weighted by Crippen LogP contribution is 1.94. The first-order valence-corrected chi connectivity index (χ1v) is 5.99. The molecule has 0 fully saturated rings. The fourth-order valence-electron chi connectivity index (χ4n) is 1.18. The second-order valence-electron chi connectivity index (χ2n) is 4.90. The lowest BCUT2D eigenvalue weighted by Gasteiger charge is -2.27. The van der Waals surface area contributed by atoms with Gasteiger partial charge in [-0.1, -0.05) is 0 Å². The maximum absolute atomic E-state index is 10.9. The molecule has 0 aliphatic carbocycles. The van der Waals surface area contributed by atoms with Crippen LogP contribution in [0.4, 0.5) is 0 Å². The molecule has 0 aromatic rings. The number of aliphatic hydroxyl groups excluding tert-OH is 1. The molecule has 2 atom stereocenters. The van der Waals surface area contributed by atoms with E-state index in [0.717, 1.165) is 11.0 Å². The van der Waals surface area contributed by atoms with Crippen molar-refractivity contribution in [3.8, 4) is 0 Å². The largest absolute Gasteiger partial charge is 0.376 e. The van der Waals surface area contributed by atoms with E-state index in [2.05, 4.69) is 44.4 Å². The Bertz CT molecular complexity index is 219. The number of nitrogens with one attached hydrogen (secondary N) is 2. The van der Waals surface area contributed by atoms with Gasteiger partial charge in [-0.25, -0.2) is 0 Å². The molecule has 96 valence electrons. The van der Waals surface area contributed by atoms with Crippen molar-refractivity contribution < 1.29 is 14.4 Å². The number of carbonyl (C=O) groups is 1. The van der Waals surface area contributed by atoms with Gasteiger partial charge in [-0.05, 0) is 0 Å². The summed E-state index contributed by atoms with van der Waals surface area (Å²) in [5, 5.41) is 15.4. The van der Waals surface area contributed by atoms with Gasteiger partial charge in [0.05, 0.1) is 33.7 Å². The molecule has 1 unspecified atom stereocenters. The summed E-state index contributed by atoms with van der Waals surface area (Å²) in [7, 11) is 6.24. The first-order chi connectivity index (χ1) is 7.26.